The van der Waals surface area contributed by atoms with Crippen LogP contribution in [-0.2, 0) is 26.1 Å². The molecule has 1 amide bonds. The molecule has 0 unspecified atom stereocenters. The van der Waals surface area contributed by atoms with Crippen molar-refractivity contribution in [2.75, 3.05) is 18.5 Å². The Morgan fingerprint density at radius 1 is 0.949 bits per heavy atom. The van der Waals surface area contributed by atoms with Gasteiger partial charge in [0.2, 0.25) is 0 Å². The fraction of sp³-hybridized carbons (Fsp3) is 0.258. The minimum atomic E-state index is -0.538. The first kappa shape index (κ1) is 26.5. The van der Waals surface area contributed by atoms with Crippen molar-refractivity contribution in [1.29, 1.82) is 0 Å². The van der Waals surface area contributed by atoms with Gasteiger partial charge in [-0.2, -0.15) is 5.10 Å². The van der Waals surface area contributed by atoms with Crippen LogP contribution in [0.25, 0.3) is 16.8 Å². The van der Waals surface area contributed by atoms with E-state index in [0.717, 1.165) is 52.2 Å². The number of benzene rings is 3. The number of aryl methyl sites for hydroxylation is 1. The summed E-state index contributed by atoms with van der Waals surface area (Å²) >= 11 is 6.18. The van der Waals surface area contributed by atoms with Gasteiger partial charge in [-0.15, -0.1) is 0 Å². The summed E-state index contributed by atoms with van der Waals surface area (Å²) in [4.78, 5) is 24.8. The number of amides is 1. The highest BCUT2D eigenvalue weighted by Crippen LogP contribution is 2.49. The minimum Gasteiger partial charge on any atom is -0.465 e. The van der Waals surface area contributed by atoms with E-state index < -0.39 is 11.5 Å². The van der Waals surface area contributed by atoms with Crippen molar-refractivity contribution in [3.63, 3.8) is 0 Å². The summed E-state index contributed by atoms with van der Waals surface area (Å²) in [5, 5.41) is 7.84. The summed E-state index contributed by atoms with van der Waals surface area (Å²) in [6.45, 7) is 2.50. The first-order valence-electron chi connectivity index (χ1n) is 13.1. The van der Waals surface area contributed by atoms with Crippen molar-refractivity contribution in [2.45, 2.75) is 38.0 Å². The van der Waals surface area contributed by atoms with E-state index in [9.17, 15) is 9.59 Å². The van der Waals surface area contributed by atoms with Crippen LogP contribution in [0.3, 0.4) is 0 Å². The van der Waals surface area contributed by atoms with Gasteiger partial charge in [-0.05, 0) is 73.1 Å². The highest BCUT2D eigenvalue weighted by atomic mass is 35.5. The van der Waals surface area contributed by atoms with E-state index in [1.165, 1.54) is 0 Å². The Kier molecular flexibility index (Phi) is 7.98. The van der Waals surface area contributed by atoms with Crippen LogP contribution in [-0.4, -0.2) is 35.1 Å². The molecule has 200 valence electrons. The molecule has 1 N–H and O–H groups in total. The fourth-order valence-electron chi connectivity index (χ4n) is 4.65. The minimum absolute atomic E-state index is 0.133. The van der Waals surface area contributed by atoms with Gasteiger partial charge in [0.25, 0.3) is 0 Å². The van der Waals surface area contributed by atoms with Crippen molar-refractivity contribution in [3.8, 4) is 16.8 Å². The van der Waals surface area contributed by atoms with Crippen molar-refractivity contribution < 1.29 is 19.1 Å². The standard InChI is InChI=1S/C31H30ClN3O4/c1-2-38-29(36)31(18-19-31)25-13-9-22(10-14-25)23-11-15-26(16-12-23)35-28(17-20-33-35)34-30(37)39-21-5-7-24-6-3-4-8-27(24)32/h3-4,6,8-17,20H,2,5,7,18-19,21H2,1H3,(H,34,37). The van der Waals surface area contributed by atoms with Crippen molar-refractivity contribution in [2.24, 2.45) is 0 Å². The molecule has 1 aromatic heterocycles. The van der Waals surface area contributed by atoms with Gasteiger partial charge in [0.1, 0.15) is 5.82 Å². The zero-order chi connectivity index (χ0) is 27.2. The Balaban J connectivity index is 1.18. The summed E-state index contributed by atoms with van der Waals surface area (Å²) in [6.07, 6.45) is 4.14. The van der Waals surface area contributed by atoms with E-state index in [0.29, 0.717) is 18.8 Å². The van der Waals surface area contributed by atoms with Crippen LogP contribution >= 0.6 is 11.6 Å². The van der Waals surface area contributed by atoms with Gasteiger partial charge in [-0.25, -0.2) is 9.48 Å². The summed E-state index contributed by atoms with van der Waals surface area (Å²) in [5.74, 6) is 0.378. The molecule has 4 aromatic rings. The summed E-state index contributed by atoms with van der Waals surface area (Å²) in [7, 11) is 0. The van der Waals surface area contributed by atoms with E-state index in [-0.39, 0.29) is 12.6 Å². The number of aromatic nitrogens is 2. The Hall–Kier alpha value is -4.10. The predicted octanol–water partition coefficient (Wildman–Crippen LogP) is 6.97. The van der Waals surface area contributed by atoms with Gasteiger partial charge in [-0.3, -0.25) is 10.1 Å². The van der Waals surface area contributed by atoms with E-state index >= 15 is 0 Å². The molecule has 0 spiro atoms. The van der Waals surface area contributed by atoms with Crippen LogP contribution < -0.4 is 5.32 Å². The van der Waals surface area contributed by atoms with Gasteiger partial charge >= 0.3 is 12.1 Å². The lowest BCUT2D eigenvalue weighted by Crippen LogP contribution is -2.23. The van der Waals surface area contributed by atoms with Crippen LogP contribution in [0.15, 0.2) is 85.1 Å². The highest BCUT2D eigenvalue weighted by Gasteiger charge is 2.52. The average Bonchev–Trinajstić information content (AvgIpc) is 3.65. The van der Waals surface area contributed by atoms with Crippen LogP contribution in [0.1, 0.15) is 37.3 Å². The highest BCUT2D eigenvalue weighted by molar-refractivity contribution is 6.31. The zero-order valence-corrected chi connectivity index (χ0v) is 22.5. The van der Waals surface area contributed by atoms with Crippen LogP contribution in [0.4, 0.5) is 10.6 Å². The second-order valence-corrected chi connectivity index (χ2v) is 9.92. The molecule has 1 fully saturated rings. The van der Waals surface area contributed by atoms with Crippen LogP contribution in [0, 0.1) is 0 Å². The van der Waals surface area contributed by atoms with Crippen LogP contribution in [0.2, 0.25) is 5.02 Å². The molecule has 0 aliphatic heterocycles. The van der Waals surface area contributed by atoms with Gasteiger partial charge in [-0.1, -0.05) is 66.2 Å². The first-order chi connectivity index (χ1) is 19.0. The summed E-state index contributed by atoms with van der Waals surface area (Å²) < 4.78 is 12.3. The number of carbonyl (C=O) groups excluding carboxylic acids is 2. The molecular weight excluding hydrogens is 514 g/mol. The van der Waals surface area contributed by atoms with Crippen molar-refractivity contribution in [3.05, 3.63) is 101 Å². The Labute approximate surface area is 232 Å². The third-order valence-electron chi connectivity index (χ3n) is 6.95. The van der Waals surface area contributed by atoms with Gasteiger partial charge in [0, 0.05) is 11.1 Å². The number of ether oxygens (including phenoxy) is 2. The third kappa shape index (κ3) is 5.99. The molecule has 1 aliphatic carbocycles. The van der Waals surface area contributed by atoms with Crippen LogP contribution in [0.5, 0.6) is 0 Å². The first-order valence-corrected chi connectivity index (χ1v) is 13.5. The number of carbonyl (C=O) groups is 2. The lowest BCUT2D eigenvalue weighted by Gasteiger charge is -2.15. The second-order valence-electron chi connectivity index (χ2n) is 9.51. The monoisotopic (exact) mass is 543 g/mol. The molecular formula is C31H30ClN3O4. The largest absolute Gasteiger partial charge is 0.465 e. The number of halogens is 1. The maximum absolute atomic E-state index is 12.4. The van der Waals surface area contributed by atoms with Gasteiger partial charge in [0.15, 0.2) is 0 Å². The Bertz CT molecular complexity index is 1440. The third-order valence-corrected chi connectivity index (χ3v) is 7.32. The average molecular weight is 544 g/mol. The summed E-state index contributed by atoms with van der Waals surface area (Å²) in [5.41, 5.74) is 4.44. The molecule has 0 bridgehead atoms. The molecule has 7 nitrogen and oxygen atoms in total. The molecule has 39 heavy (non-hydrogen) atoms. The molecule has 0 radical (unpaired) electrons. The molecule has 3 aromatic carbocycles. The number of anilines is 1. The summed E-state index contributed by atoms with van der Waals surface area (Å²) in [6, 6.07) is 25.4. The predicted molar refractivity (Wildman–Crippen MR) is 151 cm³/mol. The number of hydrogen-bond donors (Lipinski definition) is 1. The quantitative estimate of drug-likeness (QED) is 0.172. The van der Waals surface area contributed by atoms with E-state index in [2.05, 4.69) is 10.4 Å². The van der Waals surface area contributed by atoms with Crippen molar-refractivity contribution in [1.82, 2.24) is 9.78 Å². The molecule has 0 saturated heterocycles. The molecule has 5 rings (SSSR count). The number of rotatable bonds is 10. The molecule has 0 atom stereocenters. The molecule has 1 saturated carbocycles. The van der Waals surface area contributed by atoms with E-state index in [4.69, 9.17) is 21.1 Å². The molecule has 1 aliphatic rings. The lowest BCUT2D eigenvalue weighted by molar-refractivity contribution is -0.146. The lowest BCUT2D eigenvalue weighted by atomic mass is 9.93. The second kappa shape index (κ2) is 11.7. The number of hydrogen-bond acceptors (Lipinski definition) is 5. The van der Waals surface area contributed by atoms with Gasteiger partial charge < -0.3 is 9.47 Å². The molecule has 8 heteroatoms. The van der Waals surface area contributed by atoms with E-state index in [1.807, 2.05) is 79.7 Å². The molecule has 1 heterocycles. The van der Waals surface area contributed by atoms with E-state index in [1.54, 1.807) is 16.9 Å². The number of esters is 1. The topological polar surface area (TPSA) is 82.5 Å². The number of nitrogens with zero attached hydrogens (tertiary/aromatic N) is 2. The SMILES string of the molecule is CCOC(=O)C1(c2ccc(-c3ccc(-n4nccc4NC(=O)OCCCc4ccccc4Cl)cc3)cc2)CC1. The number of nitrogens with one attached hydrogen (secondary N) is 1. The smallest absolute Gasteiger partial charge is 0.412 e. The zero-order valence-electron chi connectivity index (χ0n) is 21.7. The van der Waals surface area contributed by atoms with Gasteiger partial charge in [0.05, 0.1) is 30.5 Å². The van der Waals surface area contributed by atoms with Crippen molar-refractivity contribution >= 4 is 29.5 Å². The maximum atomic E-state index is 12.4. The Morgan fingerprint density at radius 3 is 2.31 bits per heavy atom. The fourth-order valence-corrected chi connectivity index (χ4v) is 4.88. The maximum Gasteiger partial charge on any atom is 0.412 e. The Morgan fingerprint density at radius 2 is 1.64 bits per heavy atom. The normalized spacial score (nSPS) is 13.5.